The first-order chi connectivity index (χ1) is 8.79. The van der Waals surface area contributed by atoms with Crippen LogP contribution in [0.4, 0.5) is 5.69 Å². The molecule has 1 N–H and O–H groups in total. The van der Waals surface area contributed by atoms with E-state index in [1.165, 1.54) is 30.5 Å². The summed E-state index contributed by atoms with van der Waals surface area (Å²) in [6, 6.07) is 8.89. The standard InChI is InChI=1S/C16H25NO/c1-3-13(2)15-6-8-16(9-7-15)17-11-14-5-4-10-18-12-14/h6-9,13-14,17H,3-5,10-12H2,1-2H3. The van der Waals surface area contributed by atoms with Crippen molar-refractivity contribution in [3.8, 4) is 0 Å². The Balaban J connectivity index is 1.82. The van der Waals surface area contributed by atoms with Crippen LogP contribution in [0.25, 0.3) is 0 Å². The third-order valence-electron chi connectivity index (χ3n) is 3.94. The van der Waals surface area contributed by atoms with Crippen molar-refractivity contribution in [3.05, 3.63) is 29.8 Å². The lowest BCUT2D eigenvalue weighted by Gasteiger charge is -2.22. The van der Waals surface area contributed by atoms with Gasteiger partial charge in [-0.15, -0.1) is 0 Å². The van der Waals surface area contributed by atoms with Gasteiger partial charge in [0.1, 0.15) is 0 Å². The number of hydrogen-bond donors (Lipinski definition) is 1. The van der Waals surface area contributed by atoms with E-state index in [0.29, 0.717) is 11.8 Å². The van der Waals surface area contributed by atoms with Crippen LogP contribution in [-0.2, 0) is 4.74 Å². The van der Waals surface area contributed by atoms with Gasteiger partial charge in [0.25, 0.3) is 0 Å². The Bertz CT molecular complexity index is 341. The fourth-order valence-electron chi connectivity index (χ4n) is 2.40. The summed E-state index contributed by atoms with van der Waals surface area (Å²) < 4.78 is 5.50. The Kier molecular flexibility index (Phi) is 5.06. The smallest absolute Gasteiger partial charge is 0.0511 e. The lowest BCUT2D eigenvalue weighted by Crippen LogP contribution is -2.24. The minimum atomic E-state index is 0.658. The van der Waals surface area contributed by atoms with E-state index in [9.17, 15) is 0 Å². The van der Waals surface area contributed by atoms with Gasteiger partial charge >= 0.3 is 0 Å². The van der Waals surface area contributed by atoms with Crippen LogP contribution in [0.5, 0.6) is 0 Å². The number of nitrogens with one attached hydrogen (secondary N) is 1. The van der Waals surface area contributed by atoms with Crippen LogP contribution in [-0.4, -0.2) is 19.8 Å². The second-order valence-corrected chi connectivity index (χ2v) is 5.40. The van der Waals surface area contributed by atoms with Crippen LogP contribution in [0.2, 0.25) is 0 Å². The van der Waals surface area contributed by atoms with Crippen molar-refractivity contribution < 1.29 is 4.74 Å². The molecule has 0 bridgehead atoms. The molecule has 2 rings (SSSR count). The molecule has 1 heterocycles. The lowest BCUT2D eigenvalue weighted by molar-refractivity contribution is 0.0595. The first kappa shape index (κ1) is 13.4. The van der Waals surface area contributed by atoms with Crippen molar-refractivity contribution in [2.24, 2.45) is 5.92 Å². The third-order valence-corrected chi connectivity index (χ3v) is 3.94. The van der Waals surface area contributed by atoms with Crippen molar-refractivity contribution in [2.45, 2.75) is 39.0 Å². The van der Waals surface area contributed by atoms with Gasteiger partial charge in [0, 0.05) is 18.8 Å². The van der Waals surface area contributed by atoms with Crippen molar-refractivity contribution >= 4 is 5.69 Å². The Morgan fingerprint density at radius 2 is 2.11 bits per heavy atom. The maximum Gasteiger partial charge on any atom is 0.0511 e. The van der Waals surface area contributed by atoms with E-state index >= 15 is 0 Å². The summed E-state index contributed by atoms with van der Waals surface area (Å²) >= 11 is 0. The first-order valence-electron chi connectivity index (χ1n) is 7.21. The number of ether oxygens (including phenoxy) is 1. The largest absolute Gasteiger partial charge is 0.385 e. The van der Waals surface area contributed by atoms with Crippen LogP contribution >= 0.6 is 0 Å². The van der Waals surface area contributed by atoms with E-state index in [0.717, 1.165) is 19.8 Å². The molecule has 2 nitrogen and oxygen atoms in total. The molecule has 1 saturated heterocycles. The summed E-state index contributed by atoms with van der Waals surface area (Å²) in [5, 5.41) is 3.52. The lowest BCUT2D eigenvalue weighted by atomic mass is 9.98. The van der Waals surface area contributed by atoms with Crippen LogP contribution in [0.3, 0.4) is 0 Å². The van der Waals surface area contributed by atoms with Crippen LogP contribution < -0.4 is 5.32 Å². The van der Waals surface area contributed by atoms with E-state index in [1.54, 1.807) is 0 Å². The van der Waals surface area contributed by atoms with E-state index in [4.69, 9.17) is 4.74 Å². The summed E-state index contributed by atoms with van der Waals surface area (Å²) in [7, 11) is 0. The van der Waals surface area contributed by atoms with Gasteiger partial charge in [-0.25, -0.2) is 0 Å². The molecule has 0 amide bonds. The zero-order valence-electron chi connectivity index (χ0n) is 11.6. The molecular formula is C16H25NO. The van der Waals surface area contributed by atoms with Crippen molar-refractivity contribution in [1.82, 2.24) is 0 Å². The fraction of sp³-hybridized carbons (Fsp3) is 0.625. The quantitative estimate of drug-likeness (QED) is 0.848. The molecule has 2 unspecified atom stereocenters. The molecule has 100 valence electrons. The fourth-order valence-corrected chi connectivity index (χ4v) is 2.40. The summed E-state index contributed by atoms with van der Waals surface area (Å²) in [6.45, 7) is 7.41. The molecule has 18 heavy (non-hydrogen) atoms. The molecule has 0 radical (unpaired) electrons. The average molecular weight is 247 g/mol. The SMILES string of the molecule is CCC(C)c1ccc(NCC2CCCOC2)cc1. The van der Waals surface area contributed by atoms with Gasteiger partial charge < -0.3 is 10.1 Å². The number of anilines is 1. The molecule has 0 saturated carbocycles. The molecule has 2 heteroatoms. The van der Waals surface area contributed by atoms with E-state index < -0.39 is 0 Å². The monoisotopic (exact) mass is 247 g/mol. The van der Waals surface area contributed by atoms with Gasteiger partial charge in [-0.3, -0.25) is 0 Å². The second kappa shape index (κ2) is 6.79. The van der Waals surface area contributed by atoms with Gasteiger partial charge in [-0.05, 0) is 48.8 Å². The zero-order valence-corrected chi connectivity index (χ0v) is 11.6. The second-order valence-electron chi connectivity index (χ2n) is 5.40. The minimum Gasteiger partial charge on any atom is -0.385 e. The summed E-state index contributed by atoms with van der Waals surface area (Å²) in [4.78, 5) is 0. The van der Waals surface area contributed by atoms with Crippen LogP contribution in [0.15, 0.2) is 24.3 Å². The van der Waals surface area contributed by atoms with Crippen molar-refractivity contribution in [1.29, 1.82) is 0 Å². The van der Waals surface area contributed by atoms with Gasteiger partial charge in [0.2, 0.25) is 0 Å². The highest BCUT2D eigenvalue weighted by Gasteiger charge is 2.13. The normalized spacial score (nSPS) is 21.6. The Labute approximate surface area is 111 Å². The highest BCUT2D eigenvalue weighted by Crippen LogP contribution is 2.21. The van der Waals surface area contributed by atoms with E-state index in [1.807, 2.05) is 0 Å². The summed E-state index contributed by atoms with van der Waals surface area (Å²) in [5.41, 5.74) is 2.66. The Morgan fingerprint density at radius 3 is 2.72 bits per heavy atom. The van der Waals surface area contributed by atoms with Gasteiger partial charge in [-0.2, -0.15) is 0 Å². The molecule has 1 aromatic rings. The Hall–Kier alpha value is -1.02. The predicted molar refractivity (Wildman–Crippen MR) is 77.2 cm³/mol. The average Bonchev–Trinajstić information content (AvgIpc) is 2.46. The predicted octanol–water partition coefficient (Wildman–Crippen LogP) is 4.04. The molecule has 1 aliphatic rings. The van der Waals surface area contributed by atoms with Crippen LogP contribution in [0, 0.1) is 5.92 Å². The number of rotatable bonds is 5. The molecule has 1 aliphatic heterocycles. The Morgan fingerprint density at radius 1 is 1.33 bits per heavy atom. The molecule has 2 atom stereocenters. The first-order valence-corrected chi connectivity index (χ1v) is 7.21. The van der Waals surface area contributed by atoms with E-state index in [-0.39, 0.29) is 0 Å². The minimum absolute atomic E-state index is 0.658. The van der Waals surface area contributed by atoms with E-state index in [2.05, 4.69) is 43.4 Å². The van der Waals surface area contributed by atoms with Gasteiger partial charge in [-0.1, -0.05) is 26.0 Å². The van der Waals surface area contributed by atoms with Crippen molar-refractivity contribution in [3.63, 3.8) is 0 Å². The highest BCUT2D eigenvalue weighted by molar-refractivity contribution is 5.45. The third kappa shape index (κ3) is 3.74. The van der Waals surface area contributed by atoms with Crippen molar-refractivity contribution in [2.75, 3.05) is 25.1 Å². The molecule has 1 aromatic carbocycles. The molecule has 0 aromatic heterocycles. The summed E-state index contributed by atoms with van der Waals surface area (Å²) in [6.07, 6.45) is 3.70. The molecule has 0 spiro atoms. The highest BCUT2D eigenvalue weighted by atomic mass is 16.5. The maximum atomic E-state index is 5.50. The zero-order chi connectivity index (χ0) is 12.8. The number of hydrogen-bond acceptors (Lipinski definition) is 2. The number of benzene rings is 1. The van der Waals surface area contributed by atoms with Gasteiger partial charge in [0.05, 0.1) is 6.61 Å². The molecular weight excluding hydrogens is 222 g/mol. The molecule has 0 aliphatic carbocycles. The van der Waals surface area contributed by atoms with Gasteiger partial charge in [0.15, 0.2) is 0 Å². The summed E-state index contributed by atoms with van der Waals surface area (Å²) in [5.74, 6) is 1.33. The van der Waals surface area contributed by atoms with Crippen LogP contribution in [0.1, 0.15) is 44.6 Å². The molecule has 1 fully saturated rings. The maximum absolute atomic E-state index is 5.50. The topological polar surface area (TPSA) is 21.3 Å².